The Labute approximate surface area is 143 Å². The summed E-state index contributed by atoms with van der Waals surface area (Å²) in [5.74, 6) is -0.129. The monoisotopic (exact) mass is 343 g/mol. The van der Waals surface area contributed by atoms with Crippen molar-refractivity contribution in [1.82, 2.24) is 9.78 Å². The van der Waals surface area contributed by atoms with E-state index in [-0.39, 0.29) is 30.5 Å². The molecule has 130 valence electrons. The Hall–Kier alpha value is -3.23. The fraction of sp³-hybridized carbons (Fsp3) is 0.312. The summed E-state index contributed by atoms with van der Waals surface area (Å²) in [6, 6.07) is 5.44. The molecule has 0 saturated carbocycles. The van der Waals surface area contributed by atoms with E-state index in [1.807, 2.05) is 12.1 Å². The number of nitro groups is 1. The van der Waals surface area contributed by atoms with Crippen molar-refractivity contribution in [2.24, 2.45) is 0 Å². The van der Waals surface area contributed by atoms with Crippen molar-refractivity contribution >= 4 is 28.9 Å². The van der Waals surface area contributed by atoms with E-state index < -0.39 is 4.92 Å². The standard InChI is InChI=1S/C16H17N5O4/c1-19-14-4-3-12(8-11(14)2-5-16(19)23)18-15(22)6-7-20-10-13(9-17-20)21(24)25/h3-4,8-10H,2,5-7H2,1H3,(H,18,22). The molecular formula is C16H17N5O4. The van der Waals surface area contributed by atoms with Gasteiger partial charge in [-0.25, -0.2) is 0 Å². The van der Waals surface area contributed by atoms with Gasteiger partial charge in [-0.2, -0.15) is 5.10 Å². The number of hydrogen-bond donors (Lipinski definition) is 1. The number of nitrogens with zero attached hydrogens (tertiary/aromatic N) is 4. The molecule has 2 heterocycles. The van der Waals surface area contributed by atoms with Crippen LogP contribution in [0.1, 0.15) is 18.4 Å². The normalized spacial score (nSPS) is 13.5. The number of aromatic nitrogens is 2. The van der Waals surface area contributed by atoms with Crippen LogP contribution in [-0.2, 0) is 22.6 Å². The van der Waals surface area contributed by atoms with Crippen molar-refractivity contribution in [3.8, 4) is 0 Å². The molecule has 9 heteroatoms. The second-order valence-corrected chi connectivity index (χ2v) is 5.81. The third-order valence-corrected chi connectivity index (χ3v) is 4.11. The fourth-order valence-corrected chi connectivity index (χ4v) is 2.74. The Bertz CT molecular complexity index is 845. The summed E-state index contributed by atoms with van der Waals surface area (Å²) in [5, 5.41) is 17.3. The minimum absolute atomic E-state index is 0.0811. The zero-order valence-electron chi connectivity index (χ0n) is 13.6. The third-order valence-electron chi connectivity index (χ3n) is 4.11. The molecule has 2 aromatic rings. The van der Waals surface area contributed by atoms with E-state index in [1.54, 1.807) is 18.0 Å². The Morgan fingerprint density at radius 3 is 2.92 bits per heavy atom. The molecule has 1 aliphatic heterocycles. The lowest BCUT2D eigenvalue weighted by atomic mass is 10.0. The highest BCUT2D eigenvalue weighted by Crippen LogP contribution is 2.29. The quantitative estimate of drug-likeness (QED) is 0.656. The van der Waals surface area contributed by atoms with Gasteiger partial charge in [-0.15, -0.1) is 0 Å². The molecule has 1 aliphatic rings. The molecule has 0 bridgehead atoms. The van der Waals surface area contributed by atoms with Gasteiger partial charge < -0.3 is 10.2 Å². The Morgan fingerprint density at radius 1 is 1.40 bits per heavy atom. The SMILES string of the molecule is CN1C(=O)CCc2cc(NC(=O)CCn3cc([N+](=O)[O-])cn3)ccc21. The average Bonchev–Trinajstić information content (AvgIpc) is 3.06. The van der Waals surface area contributed by atoms with Gasteiger partial charge in [0.25, 0.3) is 0 Å². The van der Waals surface area contributed by atoms with Gasteiger partial charge in [0.1, 0.15) is 12.4 Å². The Morgan fingerprint density at radius 2 is 2.20 bits per heavy atom. The van der Waals surface area contributed by atoms with Crippen molar-refractivity contribution in [2.45, 2.75) is 25.8 Å². The number of amides is 2. The van der Waals surface area contributed by atoms with Crippen molar-refractivity contribution in [3.63, 3.8) is 0 Å². The first-order valence-corrected chi connectivity index (χ1v) is 7.80. The van der Waals surface area contributed by atoms with Crippen molar-refractivity contribution in [2.75, 3.05) is 17.3 Å². The van der Waals surface area contributed by atoms with Crippen LogP contribution in [0.15, 0.2) is 30.6 Å². The van der Waals surface area contributed by atoms with Crippen LogP contribution in [-0.4, -0.2) is 33.6 Å². The number of fused-ring (bicyclic) bond motifs is 1. The van der Waals surface area contributed by atoms with E-state index in [1.165, 1.54) is 10.9 Å². The molecule has 2 amide bonds. The minimum Gasteiger partial charge on any atom is -0.326 e. The zero-order valence-corrected chi connectivity index (χ0v) is 13.6. The first-order chi connectivity index (χ1) is 11.9. The number of benzene rings is 1. The summed E-state index contributed by atoms with van der Waals surface area (Å²) in [6.07, 6.45) is 3.70. The molecule has 0 saturated heterocycles. The Kier molecular flexibility index (Phi) is 4.46. The molecule has 9 nitrogen and oxygen atoms in total. The fourth-order valence-electron chi connectivity index (χ4n) is 2.74. The highest BCUT2D eigenvalue weighted by Gasteiger charge is 2.21. The van der Waals surface area contributed by atoms with Gasteiger partial charge in [0.15, 0.2) is 0 Å². The van der Waals surface area contributed by atoms with Crippen LogP contribution < -0.4 is 10.2 Å². The van der Waals surface area contributed by atoms with Crippen molar-refractivity contribution in [1.29, 1.82) is 0 Å². The van der Waals surface area contributed by atoms with E-state index in [4.69, 9.17) is 0 Å². The van der Waals surface area contributed by atoms with E-state index in [0.717, 1.165) is 17.4 Å². The summed E-state index contributed by atoms with van der Waals surface area (Å²) < 4.78 is 1.37. The van der Waals surface area contributed by atoms with Crippen LogP contribution in [0.25, 0.3) is 0 Å². The van der Waals surface area contributed by atoms with Crippen LogP contribution in [0.2, 0.25) is 0 Å². The van der Waals surface area contributed by atoms with Gasteiger partial charge in [0.2, 0.25) is 11.8 Å². The molecule has 0 fully saturated rings. The van der Waals surface area contributed by atoms with Gasteiger partial charge in [-0.3, -0.25) is 24.4 Å². The van der Waals surface area contributed by atoms with E-state index in [0.29, 0.717) is 18.5 Å². The molecule has 1 aromatic carbocycles. The lowest BCUT2D eigenvalue weighted by molar-refractivity contribution is -0.385. The van der Waals surface area contributed by atoms with Crippen LogP contribution >= 0.6 is 0 Å². The molecule has 0 spiro atoms. The highest BCUT2D eigenvalue weighted by atomic mass is 16.6. The predicted octanol–water partition coefficient (Wildman–Crippen LogP) is 1.73. The van der Waals surface area contributed by atoms with E-state index in [9.17, 15) is 19.7 Å². The van der Waals surface area contributed by atoms with Crippen LogP contribution in [0.3, 0.4) is 0 Å². The van der Waals surface area contributed by atoms with Gasteiger partial charge in [0.05, 0.1) is 4.92 Å². The lowest BCUT2D eigenvalue weighted by Crippen LogP contribution is -2.31. The zero-order chi connectivity index (χ0) is 18.0. The molecule has 25 heavy (non-hydrogen) atoms. The summed E-state index contributed by atoms with van der Waals surface area (Å²) in [6.45, 7) is 0.252. The highest BCUT2D eigenvalue weighted by molar-refractivity contribution is 5.97. The van der Waals surface area contributed by atoms with Crippen LogP contribution in [0.5, 0.6) is 0 Å². The molecule has 0 atom stereocenters. The lowest BCUT2D eigenvalue weighted by Gasteiger charge is -2.26. The molecule has 0 radical (unpaired) electrons. The second kappa shape index (κ2) is 6.71. The number of carbonyl (C=O) groups excluding carboxylic acids is 2. The first kappa shape index (κ1) is 16.6. The van der Waals surface area contributed by atoms with E-state index in [2.05, 4.69) is 10.4 Å². The predicted molar refractivity (Wildman–Crippen MR) is 90.3 cm³/mol. The maximum Gasteiger partial charge on any atom is 0.306 e. The second-order valence-electron chi connectivity index (χ2n) is 5.81. The number of anilines is 2. The summed E-state index contributed by atoms with van der Waals surface area (Å²) in [4.78, 5) is 35.4. The summed E-state index contributed by atoms with van der Waals surface area (Å²) in [5.41, 5.74) is 2.44. The molecule has 0 aliphatic carbocycles. The number of aryl methyl sites for hydroxylation is 2. The molecule has 0 unspecified atom stereocenters. The van der Waals surface area contributed by atoms with Crippen molar-refractivity contribution in [3.05, 3.63) is 46.3 Å². The average molecular weight is 343 g/mol. The van der Waals surface area contributed by atoms with Crippen LogP contribution in [0, 0.1) is 10.1 Å². The molecule has 3 rings (SSSR count). The van der Waals surface area contributed by atoms with Gasteiger partial charge in [0, 0.05) is 37.8 Å². The maximum atomic E-state index is 12.1. The number of rotatable bonds is 5. The van der Waals surface area contributed by atoms with Gasteiger partial charge >= 0.3 is 5.69 Å². The summed E-state index contributed by atoms with van der Waals surface area (Å²) in [7, 11) is 1.74. The van der Waals surface area contributed by atoms with Gasteiger partial charge in [-0.05, 0) is 30.2 Å². The first-order valence-electron chi connectivity index (χ1n) is 7.80. The third kappa shape index (κ3) is 3.65. The Balaban J connectivity index is 1.59. The molecule has 1 aromatic heterocycles. The van der Waals surface area contributed by atoms with Crippen LogP contribution in [0.4, 0.5) is 17.1 Å². The molecular weight excluding hydrogens is 326 g/mol. The largest absolute Gasteiger partial charge is 0.326 e. The molecule has 1 N–H and O–H groups in total. The smallest absolute Gasteiger partial charge is 0.306 e. The topological polar surface area (TPSA) is 110 Å². The maximum absolute atomic E-state index is 12.1. The minimum atomic E-state index is -0.529. The van der Waals surface area contributed by atoms with Crippen molar-refractivity contribution < 1.29 is 14.5 Å². The summed E-state index contributed by atoms with van der Waals surface area (Å²) >= 11 is 0. The van der Waals surface area contributed by atoms with E-state index >= 15 is 0 Å². The van der Waals surface area contributed by atoms with Gasteiger partial charge in [-0.1, -0.05) is 0 Å². The number of carbonyl (C=O) groups is 2. The number of nitrogens with one attached hydrogen (secondary N) is 1. The number of hydrogen-bond acceptors (Lipinski definition) is 5.